The Labute approximate surface area is 150 Å². The van der Waals surface area contributed by atoms with E-state index in [2.05, 4.69) is 31.6 Å². The molecule has 4 rings (SSSR count). The molecule has 4 heterocycles. The van der Waals surface area contributed by atoms with E-state index in [4.69, 9.17) is 20.8 Å². The van der Waals surface area contributed by atoms with E-state index in [1.165, 1.54) is 0 Å². The van der Waals surface area contributed by atoms with Crippen LogP contribution in [-0.4, -0.2) is 31.2 Å². The van der Waals surface area contributed by atoms with Crippen molar-refractivity contribution in [3.8, 4) is 5.75 Å². The first-order chi connectivity index (χ1) is 12.2. The van der Waals surface area contributed by atoms with Crippen molar-refractivity contribution in [1.82, 2.24) is 24.6 Å². The minimum Gasteiger partial charge on any atom is -0.484 e. The number of ether oxygens (including phenoxy) is 1. The van der Waals surface area contributed by atoms with Crippen LogP contribution in [0.5, 0.6) is 5.75 Å². The fraction of sp³-hybridized carbons (Fsp3) is 0.353. The lowest BCUT2D eigenvalue weighted by molar-refractivity contribution is 0.142. The molecule has 0 aromatic carbocycles. The molecule has 3 aromatic heterocycles. The van der Waals surface area contributed by atoms with Crippen LogP contribution in [0.15, 0.2) is 41.3 Å². The van der Waals surface area contributed by atoms with Gasteiger partial charge in [-0.05, 0) is 19.1 Å². The number of halogens is 1. The van der Waals surface area contributed by atoms with Crippen LogP contribution in [0.25, 0.3) is 0 Å². The van der Waals surface area contributed by atoms with Crippen molar-refractivity contribution < 1.29 is 9.15 Å². The van der Waals surface area contributed by atoms with Gasteiger partial charge in [0.25, 0.3) is 0 Å². The third kappa shape index (κ3) is 3.38. The summed E-state index contributed by atoms with van der Waals surface area (Å²) in [7, 11) is 0. The fourth-order valence-corrected chi connectivity index (χ4v) is 3.20. The molecule has 0 bridgehead atoms. The number of rotatable bonds is 5. The monoisotopic (exact) mass is 359 g/mol. The van der Waals surface area contributed by atoms with Gasteiger partial charge in [-0.1, -0.05) is 11.6 Å². The second kappa shape index (κ2) is 6.85. The zero-order chi connectivity index (χ0) is 17.2. The number of hydrogen-bond acceptors (Lipinski definition) is 6. The summed E-state index contributed by atoms with van der Waals surface area (Å²) in [6.45, 7) is 4.95. The van der Waals surface area contributed by atoms with Gasteiger partial charge in [0.05, 0.1) is 30.1 Å². The molecule has 0 fully saturated rings. The third-order valence-corrected chi connectivity index (χ3v) is 4.58. The topological polar surface area (TPSA) is 69.2 Å². The van der Waals surface area contributed by atoms with Gasteiger partial charge in [-0.2, -0.15) is 0 Å². The van der Waals surface area contributed by atoms with Gasteiger partial charge in [0.15, 0.2) is 5.82 Å². The van der Waals surface area contributed by atoms with Crippen LogP contribution in [0.3, 0.4) is 0 Å². The minimum atomic E-state index is 0.160. The van der Waals surface area contributed by atoms with Gasteiger partial charge in [0, 0.05) is 25.4 Å². The maximum atomic E-state index is 5.93. The highest BCUT2D eigenvalue weighted by atomic mass is 35.5. The van der Waals surface area contributed by atoms with Crippen molar-refractivity contribution in [2.45, 2.75) is 32.7 Å². The second-order valence-electron chi connectivity index (χ2n) is 5.98. The Bertz CT molecular complexity index is 849. The molecule has 130 valence electrons. The smallest absolute Gasteiger partial charge is 0.171 e. The first-order valence-corrected chi connectivity index (χ1v) is 8.50. The lowest BCUT2D eigenvalue weighted by atomic mass is 10.2. The molecule has 3 aromatic rings. The lowest BCUT2D eigenvalue weighted by Crippen LogP contribution is -2.37. The average molecular weight is 360 g/mol. The molecule has 25 heavy (non-hydrogen) atoms. The number of nitrogens with zero attached hydrogens (tertiary/aromatic N) is 5. The molecule has 0 radical (unpaired) electrons. The molecule has 0 aliphatic carbocycles. The number of hydrogen-bond donors (Lipinski definition) is 0. The largest absolute Gasteiger partial charge is 0.484 e. The molecule has 8 heteroatoms. The third-order valence-electron chi connectivity index (χ3n) is 4.37. The summed E-state index contributed by atoms with van der Waals surface area (Å²) in [6, 6.07) is 5.79. The van der Waals surface area contributed by atoms with E-state index in [0.717, 1.165) is 37.0 Å². The van der Waals surface area contributed by atoms with Crippen LogP contribution >= 0.6 is 11.6 Å². The summed E-state index contributed by atoms with van der Waals surface area (Å²) in [5, 5.41) is 9.21. The summed E-state index contributed by atoms with van der Waals surface area (Å²) in [4.78, 5) is 6.34. The fourth-order valence-electron chi connectivity index (χ4n) is 3.03. The standard InChI is InChI=1S/C17H18ClN5O2/c1-12-17-21-20-16(11-25-15-7-13(18)8-19-9-15)23(17)5-4-22(12)10-14-3-2-6-24-14/h2-3,6-9,12H,4-5,10-11H2,1H3/t12-/m0/s1. The zero-order valence-corrected chi connectivity index (χ0v) is 14.6. The molecule has 1 aliphatic rings. The number of fused-ring (bicyclic) bond motifs is 1. The molecular weight excluding hydrogens is 342 g/mol. The second-order valence-corrected chi connectivity index (χ2v) is 6.42. The van der Waals surface area contributed by atoms with E-state index in [1.54, 1.807) is 24.7 Å². The van der Waals surface area contributed by atoms with Gasteiger partial charge in [-0.3, -0.25) is 9.88 Å². The quantitative estimate of drug-likeness (QED) is 0.697. The molecule has 1 aliphatic heterocycles. The average Bonchev–Trinajstić information content (AvgIpc) is 3.26. The molecule has 0 saturated carbocycles. The van der Waals surface area contributed by atoms with E-state index in [1.807, 2.05) is 12.1 Å². The van der Waals surface area contributed by atoms with Crippen molar-refractivity contribution in [2.75, 3.05) is 6.54 Å². The molecule has 0 amide bonds. The van der Waals surface area contributed by atoms with Crippen molar-refractivity contribution in [1.29, 1.82) is 0 Å². The molecule has 1 atom stereocenters. The summed E-state index contributed by atoms with van der Waals surface area (Å²) in [5.74, 6) is 3.32. The number of pyridine rings is 1. The normalized spacial score (nSPS) is 17.4. The maximum absolute atomic E-state index is 5.93. The Morgan fingerprint density at radius 2 is 2.24 bits per heavy atom. The Morgan fingerprint density at radius 3 is 3.04 bits per heavy atom. The number of aromatic nitrogens is 4. The van der Waals surface area contributed by atoms with E-state index in [0.29, 0.717) is 17.4 Å². The van der Waals surface area contributed by atoms with Crippen LogP contribution in [-0.2, 0) is 19.7 Å². The van der Waals surface area contributed by atoms with Gasteiger partial charge >= 0.3 is 0 Å². The van der Waals surface area contributed by atoms with Crippen LogP contribution in [0.1, 0.15) is 30.4 Å². The van der Waals surface area contributed by atoms with Crippen molar-refractivity contribution in [3.63, 3.8) is 0 Å². The highest BCUT2D eigenvalue weighted by Crippen LogP contribution is 2.26. The van der Waals surface area contributed by atoms with E-state index >= 15 is 0 Å². The summed E-state index contributed by atoms with van der Waals surface area (Å²) in [5.41, 5.74) is 0. The summed E-state index contributed by atoms with van der Waals surface area (Å²) in [6.07, 6.45) is 4.91. The summed E-state index contributed by atoms with van der Waals surface area (Å²) >= 11 is 5.93. The van der Waals surface area contributed by atoms with Gasteiger partial charge in [-0.25, -0.2) is 0 Å². The lowest BCUT2D eigenvalue weighted by Gasteiger charge is -2.32. The highest BCUT2D eigenvalue weighted by molar-refractivity contribution is 6.30. The highest BCUT2D eigenvalue weighted by Gasteiger charge is 2.28. The van der Waals surface area contributed by atoms with Crippen LogP contribution in [0.4, 0.5) is 0 Å². The van der Waals surface area contributed by atoms with Crippen LogP contribution in [0.2, 0.25) is 5.02 Å². The zero-order valence-electron chi connectivity index (χ0n) is 13.8. The van der Waals surface area contributed by atoms with Gasteiger partial charge in [-0.15, -0.1) is 10.2 Å². The Morgan fingerprint density at radius 1 is 1.32 bits per heavy atom. The van der Waals surface area contributed by atoms with Crippen LogP contribution in [0, 0.1) is 0 Å². The number of furan rings is 1. The molecule has 7 nitrogen and oxygen atoms in total. The van der Waals surface area contributed by atoms with Gasteiger partial charge in [0.1, 0.15) is 23.9 Å². The Balaban J connectivity index is 1.46. The molecular formula is C17H18ClN5O2. The Kier molecular flexibility index (Phi) is 4.42. The van der Waals surface area contributed by atoms with Crippen molar-refractivity contribution >= 4 is 11.6 Å². The maximum Gasteiger partial charge on any atom is 0.171 e. The van der Waals surface area contributed by atoms with Crippen molar-refractivity contribution in [3.05, 3.63) is 59.3 Å². The molecule has 0 N–H and O–H groups in total. The molecule has 0 spiro atoms. The predicted octanol–water partition coefficient (Wildman–Crippen LogP) is 3.08. The van der Waals surface area contributed by atoms with Gasteiger partial charge in [0.2, 0.25) is 0 Å². The van der Waals surface area contributed by atoms with Crippen molar-refractivity contribution in [2.24, 2.45) is 0 Å². The Hall–Kier alpha value is -2.38. The first kappa shape index (κ1) is 16.1. The molecule has 0 unspecified atom stereocenters. The van der Waals surface area contributed by atoms with E-state index in [-0.39, 0.29) is 6.04 Å². The van der Waals surface area contributed by atoms with Gasteiger partial charge < -0.3 is 13.7 Å². The molecule has 0 saturated heterocycles. The van der Waals surface area contributed by atoms with E-state index < -0.39 is 0 Å². The minimum absolute atomic E-state index is 0.160. The first-order valence-electron chi connectivity index (χ1n) is 8.12. The van der Waals surface area contributed by atoms with E-state index in [9.17, 15) is 0 Å². The SMILES string of the molecule is C[C@H]1c2nnc(COc3cncc(Cl)c3)n2CCN1Cc1ccco1. The summed E-state index contributed by atoms with van der Waals surface area (Å²) < 4.78 is 13.3. The van der Waals surface area contributed by atoms with Crippen LogP contribution < -0.4 is 4.74 Å². The predicted molar refractivity (Wildman–Crippen MR) is 91.1 cm³/mol.